The topological polar surface area (TPSA) is 38.7 Å². The molecule has 12 rings (SSSR count). The van der Waals surface area contributed by atoms with Crippen LogP contribution in [-0.4, -0.2) is 15.0 Å². The Labute approximate surface area is 361 Å². The largest absolute Gasteiger partial charge is 0.208 e. The first-order valence-electron chi connectivity index (χ1n) is 21.3. The summed E-state index contributed by atoms with van der Waals surface area (Å²) in [5, 5.41) is 0. The maximum Gasteiger partial charge on any atom is 0.164 e. The quantitative estimate of drug-likeness (QED) is 0.161. The van der Waals surface area contributed by atoms with E-state index in [1.165, 1.54) is 55.6 Å². The van der Waals surface area contributed by atoms with Gasteiger partial charge in [0.2, 0.25) is 0 Å². The van der Waals surface area contributed by atoms with Crippen LogP contribution in [0.5, 0.6) is 0 Å². The number of aromatic nitrogens is 3. The average Bonchev–Trinajstić information content (AvgIpc) is 3.67. The van der Waals surface area contributed by atoms with Gasteiger partial charge in [-0.05, 0) is 72.8 Å². The molecule has 2 aliphatic carbocycles. The van der Waals surface area contributed by atoms with Gasteiger partial charge in [0.1, 0.15) is 0 Å². The van der Waals surface area contributed by atoms with Gasteiger partial charge in [0, 0.05) is 16.7 Å². The molecule has 10 aromatic rings. The van der Waals surface area contributed by atoms with Gasteiger partial charge in [0.25, 0.3) is 0 Å². The highest BCUT2D eigenvalue weighted by Crippen LogP contribution is 2.65. The molecule has 0 fully saturated rings. The van der Waals surface area contributed by atoms with Crippen molar-refractivity contribution in [3.05, 3.63) is 281 Å². The minimum atomic E-state index is -0.690. The lowest BCUT2D eigenvalue weighted by molar-refractivity contribution is 0.627. The van der Waals surface area contributed by atoms with Gasteiger partial charge < -0.3 is 0 Å². The Kier molecular flexibility index (Phi) is 8.29. The lowest BCUT2D eigenvalue weighted by atomic mass is 9.51. The Morgan fingerprint density at radius 1 is 0.242 bits per heavy atom. The van der Waals surface area contributed by atoms with Gasteiger partial charge in [-0.3, -0.25) is 0 Å². The van der Waals surface area contributed by atoms with Crippen molar-refractivity contribution in [2.75, 3.05) is 0 Å². The zero-order chi connectivity index (χ0) is 41.1. The van der Waals surface area contributed by atoms with Crippen LogP contribution in [0.3, 0.4) is 0 Å². The predicted octanol–water partition coefficient (Wildman–Crippen LogP) is 13.6. The second kappa shape index (κ2) is 14.3. The molecule has 0 bridgehead atoms. The highest BCUT2D eigenvalue weighted by molar-refractivity contribution is 5.92. The summed E-state index contributed by atoms with van der Waals surface area (Å²) >= 11 is 0. The van der Waals surface area contributed by atoms with Crippen LogP contribution < -0.4 is 0 Å². The van der Waals surface area contributed by atoms with Crippen molar-refractivity contribution in [1.29, 1.82) is 0 Å². The molecule has 0 radical (unpaired) electrons. The molecule has 0 saturated heterocycles. The van der Waals surface area contributed by atoms with Crippen LogP contribution in [-0.2, 0) is 10.8 Å². The summed E-state index contributed by atoms with van der Waals surface area (Å²) in [5.74, 6) is 1.89. The summed E-state index contributed by atoms with van der Waals surface area (Å²) in [6.07, 6.45) is 0. The molecule has 1 heterocycles. The van der Waals surface area contributed by atoms with Gasteiger partial charge in [-0.15, -0.1) is 0 Å². The van der Waals surface area contributed by atoms with Gasteiger partial charge in [0.15, 0.2) is 17.5 Å². The zero-order valence-electron chi connectivity index (χ0n) is 33.9. The van der Waals surface area contributed by atoms with E-state index in [-0.39, 0.29) is 0 Å². The van der Waals surface area contributed by atoms with Crippen molar-refractivity contribution in [3.8, 4) is 56.4 Å². The molecule has 0 aliphatic heterocycles. The van der Waals surface area contributed by atoms with Gasteiger partial charge in [-0.25, -0.2) is 15.0 Å². The third kappa shape index (κ3) is 5.28. The van der Waals surface area contributed by atoms with Crippen LogP contribution in [0.1, 0.15) is 44.5 Å². The maximum atomic E-state index is 5.26. The summed E-state index contributed by atoms with van der Waals surface area (Å²) < 4.78 is 0. The van der Waals surface area contributed by atoms with E-state index in [2.05, 4.69) is 212 Å². The fraction of sp³-hybridized carbons (Fsp3) is 0.0339. The van der Waals surface area contributed by atoms with E-state index >= 15 is 0 Å². The third-order valence-corrected chi connectivity index (χ3v) is 13.1. The minimum absolute atomic E-state index is 0.514. The molecule has 2 unspecified atom stereocenters. The fourth-order valence-corrected chi connectivity index (χ4v) is 10.5. The number of hydrogen-bond donors (Lipinski definition) is 0. The molecule has 3 nitrogen and oxygen atoms in total. The van der Waals surface area contributed by atoms with Crippen LogP contribution in [0.4, 0.5) is 0 Å². The summed E-state index contributed by atoms with van der Waals surface area (Å²) in [7, 11) is 0. The average molecular weight is 790 g/mol. The van der Waals surface area contributed by atoms with E-state index in [1.807, 2.05) is 24.3 Å². The monoisotopic (exact) mass is 789 g/mol. The highest BCUT2D eigenvalue weighted by atomic mass is 15.0. The molecular formula is C59H39N3. The first kappa shape index (κ1) is 35.9. The maximum absolute atomic E-state index is 5.26. The predicted molar refractivity (Wildman–Crippen MR) is 251 cm³/mol. The molecular weight excluding hydrogens is 751 g/mol. The van der Waals surface area contributed by atoms with E-state index in [0.717, 1.165) is 27.8 Å². The fourth-order valence-electron chi connectivity index (χ4n) is 10.5. The van der Waals surface area contributed by atoms with Crippen molar-refractivity contribution in [3.63, 3.8) is 0 Å². The molecule has 2 atom stereocenters. The summed E-state index contributed by atoms with van der Waals surface area (Å²) in [6.45, 7) is 0. The SMILES string of the molecule is c1ccc(-c2ccc(-c3nc(-c4ccccc4)nc(-c4cccc(C5(c6ccccc6)c6ccccc6C6(c7ccccc7)c7ccccc7-c7cccc5c76)c4)n3)cc2)cc1. The van der Waals surface area contributed by atoms with Gasteiger partial charge in [0.05, 0.1) is 10.8 Å². The smallest absolute Gasteiger partial charge is 0.164 e. The number of rotatable bonds is 7. The minimum Gasteiger partial charge on any atom is -0.208 e. The second-order valence-electron chi connectivity index (χ2n) is 16.2. The molecule has 2 aliphatic rings. The van der Waals surface area contributed by atoms with Crippen LogP contribution >= 0.6 is 0 Å². The number of fused-ring (bicyclic) bond motifs is 5. The zero-order valence-corrected chi connectivity index (χ0v) is 33.9. The van der Waals surface area contributed by atoms with Crippen LogP contribution in [0.15, 0.2) is 237 Å². The molecule has 0 N–H and O–H groups in total. The third-order valence-electron chi connectivity index (χ3n) is 13.1. The Hall–Kier alpha value is -8.01. The Bertz CT molecular complexity index is 3270. The molecule has 62 heavy (non-hydrogen) atoms. The normalized spacial score (nSPS) is 16.8. The molecule has 1 aromatic heterocycles. The number of nitrogens with zero attached hydrogens (tertiary/aromatic N) is 3. The first-order valence-corrected chi connectivity index (χ1v) is 21.3. The standard InChI is InChI=1S/C59H39N3/c1-5-19-40(20-6-1)41-35-37-43(38-36-41)56-60-55(42-21-7-2-8-22-42)61-57(62-56)44-23-17-28-47(39-44)58(45-24-9-3-10-25-45)51-32-15-16-33-52(51)59(46-26-11-4-12-27-46)50-31-14-13-29-48(50)49-30-18-34-53(58)54(49)59/h1-39H. The summed E-state index contributed by atoms with van der Waals surface area (Å²) in [5.41, 5.74) is 16.6. The van der Waals surface area contributed by atoms with E-state index in [1.54, 1.807) is 0 Å². The van der Waals surface area contributed by atoms with Gasteiger partial charge >= 0.3 is 0 Å². The lowest BCUT2D eigenvalue weighted by Gasteiger charge is -2.49. The van der Waals surface area contributed by atoms with Crippen LogP contribution in [0.2, 0.25) is 0 Å². The van der Waals surface area contributed by atoms with Crippen molar-refractivity contribution < 1.29 is 0 Å². The van der Waals surface area contributed by atoms with E-state index in [0.29, 0.717) is 17.5 Å². The van der Waals surface area contributed by atoms with Crippen molar-refractivity contribution >= 4 is 0 Å². The second-order valence-corrected chi connectivity index (χ2v) is 16.2. The van der Waals surface area contributed by atoms with E-state index in [4.69, 9.17) is 15.0 Å². The molecule has 0 saturated carbocycles. The molecule has 290 valence electrons. The summed E-state index contributed by atoms with van der Waals surface area (Å²) in [6, 6.07) is 85.5. The molecule has 9 aromatic carbocycles. The van der Waals surface area contributed by atoms with Crippen molar-refractivity contribution in [2.45, 2.75) is 10.8 Å². The van der Waals surface area contributed by atoms with E-state index in [9.17, 15) is 0 Å². The Morgan fingerprint density at radius 2 is 0.629 bits per heavy atom. The van der Waals surface area contributed by atoms with Crippen LogP contribution in [0, 0.1) is 0 Å². The van der Waals surface area contributed by atoms with Crippen LogP contribution in [0.25, 0.3) is 56.4 Å². The van der Waals surface area contributed by atoms with Gasteiger partial charge in [-0.1, -0.05) is 231 Å². The summed E-state index contributed by atoms with van der Waals surface area (Å²) in [4.78, 5) is 15.6. The molecule has 3 heteroatoms. The van der Waals surface area contributed by atoms with Crippen molar-refractivity contribution in [2.24, 2.45) is 0 Å². The van der Waals surface area contributed by atoms with Gasteiger partial charge in [-0.2, -0.15) is 0 Å². The highest BCUT2D eigenvalue weighted by Gasteiger charge is 2.57. The molecule has 0 spiro atoms. The number of hydrogen-bond acceptors (Lipinski definition) is 3. The first-order chi connectivity index (χ1) is 30.7. The lowest BCUT2D eigenvalue weighted by Crippen LogP contribution is -2.44. The van der Waals surface area contributed by atoms with E-state index < -0.39 is 10.8 Å². The van der Waals surface area contributed by atoms with Crippen molar-refractivity contribution in [1.82, 2.24) is 15.0 Å². The Balaban J connectivity index is 1.11. The Morgan fingerprint density at radius 3 is 1.27 bits per heavy atom. The number of benzene rings is 9. The molecule has 0 amide bonds.